The molecule has 6 nitrogen and oxygen atoms in total. The standard InChI is InChI=1S/C10H16ClN3O3S/c1-14(4-3-5-17-2)18(15,16)8-6-9(11)10(12)13-7-8/h6-7H,3-5H2,1-2H3,(H2,12,13). The average molecular weight is 294 g/mol. The summed E-state index contributed by atoms with van der Waals surface area (Å²) in [5.74, 6) is 0.109. The predicted molar refractivity (Wildman–Crippen MR) is 70.0 cm³/mol. The van der Waals surface area contributed by atoms with Gasteiger partial charge in [0.15, 0.2) is 0 Å². The minimum absolute atomic E-state index is 0.0293. The average Bonchev–Trinajstić information content (AvgIpc) is 2.32. The summed E-state index contributed by atoms with van der Waals surface area (Å²) in [5.41, 5.74) is 5.44. The van der Waals surface area contributed by atoms with Gasteiger partial charge in [0.25, 0.3) is 0 Å². The molecule has 1 aromatic heterocycles. The van der Waals surface area contributed by atoms with Gasteiger partial charge < -0.3 is 10.5 Å². The van der Waals surface area contributed by atoms with Crippen molar-refractivity contribution in [3.63, 3.8) is 0 Å². The quantitative estimate of drug-likeness (QED) is 0.790. The van der Waals surface area contributed by atoms with E-state index in [2.05, 4.69) is 4.98 Å². The predicted octanol–water partition coefficient (Wildman–Crippen LogP) is 0.974. The molecule has 0 aliphatic rings. The Hall–Kier alpha value is -0.890. The van der Waals surface area contributed by atoms with Crippen molar-refractivity contribution in [1.82, 2.24) is 9.29 Å². The van der Waals surface area contributed by atoms with Crippen LogP contribution in [0.2, 0.25) is 5.02 Å². The Morgan fingerprint density at radius 2 is 2.22 bits per heavy atom. The highest BCUT2D eigenvalue weighted by molar-refractivity contribution is 7.89. The second-order valence-electron chi connectivity index (χ2n) is 3.71. The second-order valence-corrected chi connectivity index (χ2v) is 6.16. The first-order chi connectivity index (χ1) is 8.39. The number of ether oxygens (including phenoxy) is 1. The van der Waals surface area contributed by atoms with Gasteiger partial charge in [0.1, 0.15) is 10.7 Å². The van der Waals surface area contributed by atoms with Crippen molar-refractivity contribution >= 4 is 27.4 Å². The van der Waals surface area contributed by atoms with Crippen molar-refractivity contribution < 1.29 is 13.2 Å². The molecule has 0 aromatic carbocycles. The second kappa shape index (κ2) is 6.33. The maximum atomic E-state index is 12.1. The van der Waals surface area contributed by atoms with Crippen molar-refractivity contribution in [2.45, 2.75) is 11.3 Å². The maximum Gasteiger partial charge on any atom is 0.244 e. The van der Waals surface area contributed by atoms with E-state index in [9.17, 15) is 8.42 Å². The molecule has 0 fully saturated rings. The summed E-state index contributed by atoms with van der Waals surface area (Å²) in [6.45, 7) is 0.860. The van der Waals surface area contributed by atoms with Gasteiger partial charge >= 0.3 is 0 Å². The molecule has 0 radical (unpaired) electrons. The van der Waals surface area contributed by atoms with E-state index < -0.39 is 10.0 Å². The van der Waals surface area contributed by atoms with Gasteiger partial charge in [-0.25, -0.2) is 17.7 Å². The molecule has 0 spiro atoms. The number of rotatable bonds is 6. The van der Waals surface area contributed by atoms with Gasteiger partial charge in [0.05, 0.1) is 5.02 Å². The van der Waals surface area contributed by atoms with Crippen molar-refractivity contribution in [3.8, 4) is 0 Å². The van der Waals surface area contributed by atoms with Crippen LogP contribution in [0.5, 0.6) is 0 Å². The van der Waals surface area contributed by atoms with Crippen LogP contribution in [0.3, 0.4) is 0 Å². The number of sulfonamides is 1. The van der Waals surface area contributed by atoms with Gasteiger partial charge in [-0.15, -0.1) is 0 Å². The summed E-state index contributed by atoms with van der Waals surface area (Å²) < 4.78 is 30.4. The molecule has 0 saturated carbocycles. The van der Waals surface area contributed by atoms with Crippen LogP contribution in [-0.4, -0.2) is 45.0 Å². The Bertz CT molecular complexity index is 507. The number of anilines is 1. The third kappa shape index (κ3) is 3.55. The number of hydrogen-bond acceptors (Lipinski definition) is 5. The smallest absolute Gasteiger partial charge is 0.244 e. The summed E-state index contributed by atoms with van der Waals surface area (Å²) >= 11 is 5.76. The highest BCUT2D eigenvalue weighted by Crippen LogP contribution is 2.21. The molecule has 1 rings (SSSR count). The van der Waals surface area contributed by atoms with Gasteiger partial charge in [-0.3, -0.25) is 0 Å². The Morgan fingerprint density at radius 3 is 2.78 bits per heavy atom. The van der Waals surface area contributed by atoms with E-state index in [0.717, 1.165) is 0 Å². The zero-order valence-corrected chi connectivity index (χ0v) is 11.8. The Kier molecular flexibility index (Phi) is 5.33. The van der Waals surface area contributed by atoms with Crippen LogP contribution in [0.1, 0.15) is 6.42 Å². The van der Waals surface area contributed by atoms with Crippen LogP contribution in [0.4, 0.5) is 5.82 Å². The zero-order valence-electron chi connectivity index (χ0n) is 10.3. The molecule has 0 saturated heterocycles. The van der Waals surface area contributed by atoms with Crippen LogP contribution in [0.25, 0.3) is 0 Å². The molecule has 1 aromatic rings. The van der Waals surface area contributed by atoms with Crippen LogP contribution in [0.15, 0.2) is 17.2 Å². The van der Waals surface area contributed by atoms with Crippen molar-refractivity contribution in [3.05, 3.63) is 17.3 Å². The highest BCUT2D eigenvalue weighted by Gasteiger charge is 2.21. The lowest BCUT2D eigenvalue weighted by molar-refractivity contribution is 0.189. The van der Waals surface area contributed by atoms with Crippen molar-refractivity contribution in [2.75, 3.05) is 33.0 Å². The third-order valence-electron chi connectivity index (χ3n) is 2.37. The SMILES string of the molecule is COCCCN(C)S(=O)(=O)c1cnc(N)c(Cl)c1. The summed E-state index contributed by atoms with van der Waals surface area (Å²) in [6.07, 6.45) is 1.81. The lowest BCUT2D eigenvalue weighted by Crippen LogP contribution is -2.28. The first-order valence-corrected chi connectivity index (χ1v) is 7.07. The molecule has 0 atom stereocenters. The normalized spacial score (nSPS) is 12.0. The molecule has 102 valence electrons. The third-order valence-corrected chi connectivity index (χ3v) is 4.50. The molecular weight excluding hydrogens is 278 g/mol. The number of methoxy groups -OCH3 is 1. The number of halogens is 1. The van der Waals surface area contributed by atoms with Gasteiger partial charge in [-0.1, -0.05) is 11.6 Å². The molecule has 2 N–H and O–H groups in total. The van der Waals surface area contributed by atoms with E-state index in [-0.39, 0.29) is 15.7 Å². The monoisotopic (exact) mass is 293 g/mol. The van der Waals surface area contributed by atoms with E-state index in [1.54, 1.807) is 7.11 Å². The molecule has 0 unspecified atom stereocenters. The molecule has 1 heterocycles. The van der Waals surface area contributed by atoms with Crippen molar-refractivity contribution in [1.29, 1.82) is 0 Å². The van der Waals surface area contributed by atoms with E-state index in [4.69, 9.17) is 22.1 Å². The van der Waals surface area contributed by atoms with Gasteiger partial charge in [-0.05, 0) is 12.5 Å². The topological polar surface area (TPSA) is 85.5 Å². The number of aromatic nitrogens is 1. The Morgan fingerprint density at radius 1 is 1.56 bits per heavy atom. The number of nitrogens with zero attached hydrogens (tertiary/aromatic N) is 2. The summed E-state index contributed by atoms with van der Waals surface area (Å²) in [4.78, 5) is 3.77. The van der Waals surface area contributed by atoms with Crippen LogP contribution in [-0.2, 0) is 14.8 Å². The maximum absolute atomic E-state index is 12.1. The number of hydrogen-bond donors (Lipinski definition) is 1. The van der Waals surface area contributed by atoms with Crippen LogP contribution < -0.4 is 5.73 Å². The van der Waals surface area contributed by atoms with E-state index in [1.165, 1.54) is 23.6 Å². The lowest BCUT2D eigenvalue weighted by atomic mass is 10.4. The molecule has 8 heteroatoms. The largest absolute Gasteiger partial charge is 0.385 e. The van der Waals surface area contributed by atoms with Gasteiger partial charge in [0.2, 0.25) is 10.0 Å². The van der Waals surface area contributed by atoms with E-state index in [0.29, 0.717) is 19.6 Å². The molecule has 0 amide bonds. The van der Waals surface area contributed by atoms with Crippen molar-refractivity contribution in [2.24, 2.45) is 0 Å². The molecule has 0 aliphatic carbocycles. The fourth-order valence-corrected chi connectivity index (χ4v) is 2.72. The fraction of sp³-hybridized carbons (Fsp3) is 0.500. The minimum Gasteiger partial charge on any atom is -0.385 e. The first-order valence-electron chi connectivity index (χ1n) is 5.26. The molecule has 0 aliphatic heterocycles. The molecule has 0 bridgehead atoms. The summed E-state index contributed by atoms with van der Waals surface area (Å²) in [6, 6.07) is 1.30. The first kappa shape index (κ1) is 15.2. The minimum atomic E-state index is -3.58. The van der Waals surface area contributed by atoms with E-state index in [1.807, 2.05) is 0 Å². The van der Waals surface area contributed by atoms with Crippen LogP contribution in [0, 0.1) is 0 Å². The number of nitrogen functional groups attached to an aromatic ring is 1. The Balaban J connectivity index is 2.88. The van der Waals surface area contributed by atoms with Crippen LogP contribution >= 0.6 is 11.6 Å². The molecular formula is C10H16ClN3O3S. The fourth-order valence-electron chi connectivity index (χ4n) is 1.30. The van der Waals surface area contributed by atoms with Gasteiger partial charge in [-0.2, -0.15) is 0 Å². The number of nitrogens with two attached hydrogens (primary N) is 1. The lowest BCUT2D eigenvalue weighted by Gasteiger charge is -2.16. The number of pyridine rings is 1. The van der Waals surface area contributed by atoms with E-state index >= 15 is 0 Å². The summed E-state index contributed by atoms with van der Waals surface area (Å²) in [5, 5.41) is 0.126. The Labute approximate surface area is 112 Å². The zero-order chi connectivity index (χ0) is 13.8. The van der Waals surface area contributed by atoms with Gasteiger partial charge in [0, 0.05) is 33.5 Å². The molecule has 18 heavy (non-hydrogen) atoms. The summed E-state index contributed by atoms with van der Waals surface area (Å²) in [7, 11) is -0.521. The highest BCUT2D eigenvalue weighted by atomic mass is 35.5.